The van der Waals surface area contributed by atoms with Gasteiger partial charge < -0.3 is 14.4 Å². The number of nitrogens with zero attached hydrogens (tertiary/aromatic N) is 3. The van der Waals surface area contributed by atoms with Crippen LogP contribution in [-0.2, 0) is 23.1 Å². The van der Waals surface area contributed by atoms with E-state index in [1.807, 2.05) is 39.9 Å². The first-order chi connectivity index (χ1) is 11.6. The number of carbonyl (C=O) groups is 2. The van der Waals surface area contributed by atoms with E-state index < -0.39 is 0 Å². The van der Waals surface area contributed by atoms with E-state index in [1.54, 1.807) is 0 Å². The summed E-state index contributed by atoms with van der Waals surface area (Å²) in [4.78, 5) is 29.2. The number of hydrogen-bond donors (Lipinski definition) is 0. The lowest BCUT2D eigenvalue weighted by molar-refractivity contribution is -0.137. The summed E-state index contributed by atoms with van der Waals surface area (Å²) in [5.41, 5.74) is 1.06. The van der Waals surface area contributed by atoms with Crippen molar-refractivity contribution in [1.29, 1.82) is 0 Å². The highest BCUT2D eigenvalue weighted by atomic mass is 16.2. The van der Waals surface area contributed by atoms with Crippen LogP contribution in [0.1, 0.15) is 44.1 Å². The standard InChI is InChI=1S/C19H29N3O2/c1-20-11-8-16(15-20)14-18(23)21-9-5-10-22(13-12-21)19(24)17-6-3-2-4-7-17/h8,11,15,17H,2-7,9-10,12-14H2,1H3. The summed E-state index contributed by atoms with van der Waals surface area (Å²) in [6, 6.07) is 1.99. The van der Waals surface area contributed by atoms with E-state index in [0.717, 1.165) is 37.9 Å². The zero-order valence-electron chi connectivity index (χ0n) is 14.7. The highest BCUT2D eigenvalue weighted by molar-refractivity contribution is 5.80. The van der Waals surface area contributed by atoms with Crippen LogP contribution in [0.15, 0.2) is 18.5 Å². The minimum absolute atomic E-state index is 0.174. The summed E-state index contributed by atoms with van der Waals surface area (Å²) in [5.74, 6) is 0.727. The van der Waals surface area contributed by atoms with Gasteiger partial charge in [0.1, 0.15) is 0 Å². The fraction of sp³-hybridized carbons (Fsp3) is 0.684. The molecule has 132 valence electrons. The third-order valence-corrected chi connectivity index (χ3v) is 5.36. The number of aromatic nitrogens is 1. The summed E-state index contributed by atoms with van der Waals surface area (Å²) in [6.07, 6.45) is 11.0. The molecule has 24 heavy (non-hydrogen) atoms. The quantitative estimate of drug-likeness (QED) is 0.852. The average molecular weight is 331 g/mol. The van der Waals surface area contributed by atoms with Crippen LogP contribution >= 0.6 is 0 Å². The molecule has 2 heterocycles. The molecule has 1 aromatic heterocycles. The van der Waals surface area contributed by atoms with Crippen molar-refractivity contribution in [2.24, 2.45) is 13.0 Å². The Morgan fingerprint density at radius 3 is 2.42 bits per heavy atom. The van der Waals surface area contributed by atoms with E-state index in [9.17, 15) is 9.59 Å². The second kappa shape index (κ2) is 7.86. The molecule has 2 amide bonds. The largest absolute Gasteiger partial charge is 0.357 e. The molecule has 1 saturated heterocycles. The van der Waals surface area contributed by atoms with Gasteiger partial charge in [0.05, 0.1) is 6.42 Å². The Labute approximate surface area is 144 Å². The SMILES string of the molecule is Cn1ccc(CC(=O)N2CCCN(C(=O)C3CCCCC3)CC2)c1. The van der Waals surface area contributed by atoms with E-state index in [4.69, 9.17) is 0 Å². The second-order valence-corrected chi connectivity index (χ2v) is 7.26. The smallest absolute Gasteiger partial charge is 0.227 e. The van der Waals surface area contributed by atoms with E-state index in [-0.39, 0.29) is 11.8 Å². The van der Waals surface area contributed by atoms with Crippen LogP contribution in [0.3, 0.4) is 0 Å². The molecule has 0 N–H and O–H groups in total. The molecule has 0 spiro atoms. The highest BCUT2D eigenvalue weighted by Crippen LogP contribution is 2.25. The van der Waals surface area contributed by atoms with E-state index in [1.165, 1.54) is 19.3 Å². The Balaban J connectivity index is 1.52. The summed E-state index contributed by atoms with van der Waals surface area (Å²) >= 11 is 0. The minimum Gasteiger partial charge on any atom is -0.357 e. The molecular weight excluding hydrogens is 302 g/mol. The van der Waals surface area contributed by atoms with Crippen LogP contribution in [0.5, 0.6) is 0 Å². The van der Waals surface area contributed by atoms with Crippen molar-refractivity contribution in [2.75, 3.05) is 26.2 Å². The van der Waals surface area contributed by atoms with Gasteiger partial charge in [-0.2, -0.15) is 0 Å². The van der Waals surface area contributed by atoms with Gasteiger partial charge in [-0.15, -0.1) is 0 Å². The maximum absolute atomic E-state index is 12.7. The van der Waals surface area contributed by atoms with E-state index in [2.05, 4.69) is 0 Å². The third-order valence-electron chi connectivity index (χ3n) is 5.36. The molecule has 1 aliphatic heterocycles. The molecule has 2 fully saturated rings. The molecule has 5 heteroatoms. The Morgan fingerprint density at radius 1 is 1.00 bits per heavy atom. The van der Waals surface area contributed by atoms with Crippen molar-refractivity contribution < 1.29 is 9.59 Å². The van der Waals surface area contributed by atoms with Gasteiger partial charge in [-0.3, -0.25) is 9.59 Å². The van der Waals surface area contributed by atoms with Gasteiger partial charge in [-0.05, 0) is 30.9 Å². The Bertz CT molecular complexity index is 575. The predicted molar refractivity (Wildman–Crippen MR) is 93.5 cm³/mol. The van der Waals surface area contributed by atoms with Crippen molar-refractivity contribution >= 4 is 11.8 Å². The van der Waals surface area contributed by atoms with Crippen molar-refractivity contribution in [3.8, 4) is 0 Å². The average Bonchev–Trinajstić information content (AvgIpc) is 2.86. The normalized spacial score (nSPS) is 20.0. The Morgan fingerprint density at radius 2 is 1.71 bits per heavy atom. The van der Waals surface area contributed by atoms with Crippen LogP contribution in [0.25, 0.3) is 0 Å². The molecule has 2 aliphatic rings. The summed E-state index contributed by atoms with van der Waals surface area (Å²) in [6.45, 7) is 2.92. The summed E-state index contributed by atoms with van der Waals surface area (Å²) in [7, 11) is 1.97. The number of carbonyl (C=O) groups excluding carboxylic acids is 2. The van der Waals surface area contributed by atoms with E-state index >= 15 is 0 Å². The fourth-order valence-electron chi connectivity index (χ4n) is 3.95. The van der Waals surface area contributed by atoms with Gasteiger partial charge in [0.15, 0.2) is 0 Å². The van der Waals surface area contributed by atoms with Gasteiger partial charge in [-0.25, -0.2) is 0 Å². The van der Waals surface area contributed by atoms with Crippen molar-refractivity contribution in [2.45, 2.75) is 44.9 Å². The highest BCUT2D eigenvalue weighted by Gasteiger charge is 2.28. The molecule has 5 nitrogen and oxygen atoms in total. The fourth-order valence-corrected chi connectivity index (χ4v) is 3.95. The molecule has 0 bridgehead atoms. The summed E-state index contributed by atoms with van der Waals surface area (Å²) < 4.78 is 1.97. The molecule has 1 aromatic rings. The van der Waals surface area contributed by atoms with Crippen LogP contribution in [-0.4, -0.2) is 52.4 Å². The molecule has 0 atom stereocenters. The van der Waals surface area contributed by atoms with E-state index in [0.29, 0.717) is 25.4 Å². The maximum atomic E-state index is 12.7. The number of hydrogen-bond acceptors (Lipinski definition) is 2. The number of amides is 2. The molecule has 0 unspecified atom stereocenters. The molecule has 0 aromatic carbocycles. The zero-order chi connectivity index (χ0) is 16.9. The first-order valence-electron chi connectivity index (χ1n) is 9.31. The van der Waals surface area contributed by atoms with Gasteiger partial charge in [0, 0.05) is 51.5 Å². The second-order valence-electron chi connectivity index (χ2n) is 7.26. The molecule has 3 rings (SSSR count). The van der Waals surface area contributed by atoms with Gasteiger partial charge in [0.2, 0.25) is 11.8 Å². The van der Waals surface area contributed by atoms with Gasteiger partial charge in [-0.1, -0.05) is 19.3 Å². The first-order valence-corrected chi connectivity index (χ1v) is 9.31. The predicted octanol–water partition coefficient (Wildman–Crippen LogP) is 2.21. The van der Waals surface area contributed by atoms with Crippen LogP contribution in [0, 0.1) is 5.92 Å². The molecular formula is C19H29N3O2. The van der Waals surface area contributed by atoms with Gasteiger partial charge >= 0.3 is 0 Å². The van der Waals surface area contributed by atoms with Crippen molar-refractivity contribution in [1.82, 2.24) is 14.4 Å². The first kappa shape index (κ1) is 17.1. The monoisotopic (exact) mass is 331 g/mol. The van der Waals surface area contributed by atoms with Crippen molar-refractivity contribution in [3.05, 3.63) is 24.0 Å². The van der Waals surface area contributed by atoms with Crippen LogP contribution < -0.4 is 0 Å². The molecule has 0 radical (unpaired) electrons. The van der Waals surface area contributed by atoms with Crippen LogP contribution in [0.2, 0.25) is 0 Å². The van der Waals surface area contributed by atoms with Gasteiger partial charge in [0.25, 0.3) is 0 Å². The number of rotatable bonds is 3. The van der Waals surface area contributed by atoms with Crippen molar-refractivity contribution in [3.63, 3.8) is 0 Å². The topological polar surface area (TPSA) is 45.6 Å². The number of aryl methyl sites for hydroxylation is 1. The molecule has 1 saturated carbocycles. The lowest BCUT2D eigenvalue weighted by atomic mass is 9.88. The lowest BCUT2D eigenvalue weighted by Crippen LogP contribution is -2.40. The Hall–Kier alpha value is -1.78. The minimum atomic E-state index is 0.174. The lowest BCUT2D eigenvalue weighted by Gasteiger charge is -2.28. The summed E-state index contributed by atoms with van der Waals surface area (Å²) in [5, 5.41) is 0. The van der Waals surface area contributed by atoms with Crippen LogP contribution in [0.4, 0.5) is 0 Å². The molecule has 1 aliphatic carbocycles. The maximum Gasteiger partial charge on any atom is 0.227 e. The zero-order valence-corrected chi connectivity index (χ0v) is 14.7. The third kappa shape index (κ3) is 4.19. The Kier molecular flexibility index (Phi) is 5.59.